The van der Waals surface area contributed by atoms with Crippen LogP contribution in [-0.4, -0.2) is 15.0 Å². The summed E-state index contributed by atoms with van der Waals surface area (Å²) in [5, 5.41) is 1.18. The Morgan fingerprint density at radius 3 is 2.71 bits per heavy atom. The van der Waals surface area contributed by atoms with Crippen molar-refractivity contribution < 1.29 is 0 Å². The van der Waals surface area contributed by atoms with Crippen LogP contribution >= 0.6 is 57.1 Å². The van der Waals surface area contributed by atoms with Gasteiger partial charge in [0, 0.05) is 0 Å². The molecule has 3 nitrogen and oxygen atoms in total. The molecular weight excluding hydrogens is 392 g/mol. The highest BCUT2D eigenvalue weighted by molar-refractivity contribution is 14.1. The molecule has 0 saturated heterocycles. The van der Waals surface area contributed by atoms with Gasteiger partial charge in [-0.2, -0.15) is 0 Å². The van der Waals surface area contributed by atoms with Gasteiger partial charge in [-0.05, 0) is 29.0 Å². The van der Waals surface area contributed by atoms with Gasteiger partial charge in [0.15, 0.2) is 10.8 Å². The van der Waals surface area contributed by atoms with Crippen molar-refractivity contribution in [3.8, 4) is 10.8 Å². The summed E-state index contributed by atoms with van der Waals surface area (Å²) >= 11 is 15.5. The molecule has 0 aliphatic heterocycles. The van der Waals surface area contributed by atoms with Crippen LogP contribution in [0.4, 0.5) is 0 Å². The van der Waals surface area contributed by atoms with Crippen LogP contribution in [0.15, 0.2) is 6.20 Å². The fourth-order valence-corrected chi connectivity index (χ4v) is 2.87. The van der Waals surface area contributed by atoms with Crippen LogP contribution in [0.3, 0.4) is 0 Å². The molecule has 0 saturated carbocycles. The average Bonchev–Trinajstić information content (AvgIpc) is 2.71. The maximum Gasteiger partial charge on any atom is 0.190 e. The highest BCUT2D eigenvalue weighted by Gasteiger charge is 2.13. The molecule has 0 aromatic carbocycles. The Kier molecular flexibility index (Phi) is 4.57. The molecular formula is C10H8Cl2IN3S. The first kappa shape index (κ1) is 13.5. The van der Waals surface area contributed by atoms with Gasteiger partial charge >= 0.3 is 0 Å². The van der Waals surface area contributed by atoms with Crippen LogP contribution < -0.4 is 0 Å². The second kappa shape index (κ2) is 5.77. The predicted molar refractivity (Wildman–Crippen MR) is 79.9 cm³/mol. The van der Waals surface area contributed by atoms with E-state index in [0.29, 0.717) is 20.3 Å². The zero-order chi connectivity index (χ0) is 12.4. The van der Waals surface area contributed by atoms with Gasteiger partial charge in [0.05, 0.1) is 15.5 Å². The minimum absolute atomic E-state index is 0.477. The third-order valence-corrected chi connectivity index (χ3v) is 4.87. The van der Waals surface area contributed by atoms with E-state index in [4.69, 9.17) is 23.2 Å². The number of aromatic nitrogens is 3. The Morgan fingerprint density at radius 2 is 2.12 bits per heavy atom. The third-order valence-electron chi connectivity index (χ3n) is 2.03. The van der Waals surface area contributed by atoms with Gasteiger partial charge in [-0.3, -0.25) is 0 Å². The minimum atomic E-state index is 0.477. The fraction of sp³-hybridized carbons (Fsp3) is 0.300. The van der Waals surface area contributed by atoms with Crippen molar-refractivity contribution in [2.24, 2.45) is 0 Å². The minimum Gasteiger partial charge on any atom is -0.240 e. The van der Waals surface area contributed by atoms with E-state index in [1.165, 1.54) is 11.3 Å². The molecule has 0 radical (unpaired) electrons. The Morgan fingerprint density at radius 1 is 1.35 bits per heavy atom. The van der Waals surface area contributed by atoms with E-state index in [2.05, 4.69) is 44.5 Å². The first-order chi connectivity index (χ1) is 8.11. The molecule has 0 aliphatic carbocycles. The molecule has 2 heterocycles. The molecule has 0 amide bonds. The van der Waals surface area contributed by atoms with Crippen molar-refractivity contribution in [3.05, 3.63) is 25.0 Å². The summed E-state index contributed by atoms with van der Waals surface area (Å²) in [5.41, 5.74) is 0.967. The summed E-state index contributed by atoms with van der Waals surface area (Å²) in [5.74, 6) is 0.552. The molecule has 17 heavy (non-hydrogen) atoms. The number of hydrogen-bond donors (Lipinski definition) is 0. The smallest absolute Gasteiger partial charge is 0.190 e. The fourth-order valence-electron chi connectivity index (χ4n) is 1.32. The molecule has 0 fully saturated rings. The Bertz CT molecular complexity index is 544. The maximum absolute atomic E-state index is 6.10. The lowest BCUT2D eigenvalue weighted by molar-refractivity contribution is 0.867. The summed E-state index contributed by atoms with van der Waals surface area (Å²) in [4.78, 5) is 12.9. The zero-order valence-electron chi connectivity index (χ0n) is 8.88. The van der Waals surface area contributed by atoms with E-state index in [1.807, 2.05) is 0 Å². The lowest BCUT2D eigenvalue weighted by Crippen LogP contribution is -2.00. The van der Waals surface area contributed by atoms with Gasteiger partial charge in [-0.1, -0.05) is 47.9 Å². The molecule has 0 aliphatic rings. The normalized spacial score (nSPS) is 10.8. The molecule has 90 valence electrons. The van der Waals surface area contributed by atoms with Crippen LogP contribution in [0.1, 0.15) is 19.0 Å². The SMILES string of the molecule is CCCc1nc(-c2ncc(Cl)s2)nc(Cl)c1I. The van der Waals surface area contributed by atoms with Crippen molar-refractivity contribution in [2.45, 2.75) is 19.8 Å². The van der Waals surface area contributed by atoms with Crippen LogP contribution in [-0.2, 0) is 6.42 Å². The number of hydrogen-bond acceptors (Lipinski definition) is 4. The number of aryl methyl sites for hydroxylation is 1. The Hall–Kier alpha value is 0.0200. The topological polar surface area (TPSA) is 38.7 Å². The summed E-state index contributed by atoms with van der Waals surface area (Å²) in [6.45, 7) is 2.10. The number of thiazole rings is 1. The van der Waals surface area contributed by atoms with Crippen LogP contribution in [0.2, 0.25) is 9.49 Å². The van der Waals surface area contributed by atoms with Gasteiger partial charge < -0.3 is 0 Å². The standard InChI is InChI=1S/C10H8Cl2IN3S/c1-2-3-5-7(13)8(12)16-9(15-5)10-14-4-6(11)17-10/h4H,2-3H2,1H3. The molecule has 0 unspecified atom stereocenters. The average molecular weight is 400 g/mol. The molecule has 2 rings (SSSR count). The number of nitrogens with zero attached hydrogens (tertiary/aromatic N) is 3. The van der Waals surface area contributed by atoms with Gasteiger partial charge in [0.25, 0.3) is 0 Å². The van der Waals surface area contributed by atoms with Gasteiger partial charge in [0.2, 0.25) is 0 Å². The van der Waals surface area contributed by atoms with Gasteiger partial charge in [-0.15, -0.1) is 0 Å². The van der Waals surface area contributed by atoms with Crippen LogP contribution in [0, 0.1) is 3.57 Å². The van der Waals surface area contributed by atoms with E-state index < -0.39 is 0 Å². The highest BCUT2D eigenvalue weighted by Crippen LogP contribution is 2.29. The highest BCUT2D eigenvalue weighted by atomic mass is 127. The molecule has 0 spiro atoms. The van der Waals surface area contributed by atoms with Crippen molar-refractivity contribution in [3.63, 3.8) is 0 Å². The Balaban J connectivity index is 2.48. The van der Waals surface area contributed by atoms with E-state index in [0.717, 1.165) is 22.1 Å². The number of halogens is 3. The van der Waals surface area contributed by atoms with Crippen molar-refractivity contribution in [2.75, 3.05) is 0 Å². The van der Waals surface area contributed by atoms with Crippen molar-refractivity contribution >= 4 is 57.1 Å². The summed E-state index contributed by atoms with van der Waals surface area (Å²) in [6, 6.07) is 0. The third kappa shape index (κ3) is 3.07. The second-order valence-electron chi connectivity index (χ2n) is 3.32. The first-order valence-electron chi connectivity index (χ1n) is 4.95. The molecule has 2 aromatic heterocycles. The molecule has 0 N–H and O–H groups in total. The van der Waals surface area contributed by atoms with Crippen LogP contribution in [0.25, 0.3) is 10.8 Å². The van der Waals surface area contributed by atoms with E-state index in [-0.39, 0.29) is 0 Å². The maximum atomic E-state index is 6.10. The summed E-state index contributed by atoms with van der Waals surface area (Å²) in [7, 11) is 0. The first-order valence-corrected chi connectivity index (χ1v) is 7.60. The van der Waals surface area contributed by atoms with Gasteiger partial charge in [0.1, 0.15) is 9.49 Å². The van der Waals surface area contributed by atoms with E-state index in [1.54, 1.807) is 6.20 Å². The largest absolute Gasteiger partial charge is 0.240 e. The van der Waals surface area contributed by atoms with E-state index in [9.17, 15) is 0 Å². The summed E-state index contributed by atoms with van der Waals surface area (Å²) < 4.78 is 1.54. The molecule has 7 heteroatoms. The Labute approximate surface area is 127 Å². The van der Waals surface area contributed by atoms with Crippen molar-refractivity contribution in [1.29, 1.82) is 0 Å². The monoisotopic (exact) mass is 399 g/mol. The molecule has 0 atom stereocenters. The predicted octanol–water partition coefficient (Wildman–Crippen LogP) is 4.46. The quantitative estimate of drug-likeness (QED) is 0.564. The second-order valence-corrected chi connectivity index (χ2v) is 6.42. The lowest BCUT2D eigenvalue weighted by Gasteiger charge is -2.05. The zero-order valence-corrected chi connectivity index (χ0v) is 13.4. The van der Waals surface area contributed by atoms with E-state index >= 15 is 0 Å². The molecule has 0 bridgehead atoms. The molecule has 2 aromatic rings. The van der Waals surface area contributed by atoms with Crippen molar-refractivity contribution in [1.82, 2.24) is 15.0 Å². The van der Waals surface area contributed by atoms with Crippen LogP contribution in [0.5, 0.6) is 0 Å². The summed E-state index contributed by atoms with van der Waals surface area (Å²) in [6.07, 6.45) is 3.49. The van der Waals surface area contributed by atoms with Gasteiger partial charge in [-0.25, -0.2) is 15.0 Å². The number of rotatable bonds is 3. The lowest BCUT2D eigenvalue weighted by atomic mass is 10.2.